The summed E-state index contributed by atoms with van der Waals surface area (Å²) in [5.74, 6) is 0.634. The molecule has 1 aromatic carbocycles. The Morgan fingerprint density at radius 3 is 2.40 bits per heavy atom. The smallest absolute Gasteiger partial charge is 0.0406 e. The van der Waals surface area contributed by atoms with E-state index in [0.29, 0.717) is 5.92 Å². The van der Waals surface area contributed by atoms with Crippen LogP contribution in [0.15, 0.2) is 30.3 Å². The van der Waals surface area contributed by atoms with Gasteiger partial charge < -0.3 is 5.73 Å². The Morgan fingerprint density at radius 2 is 1.87 bits per heavy atom. The first kappa shape index (κ1) is 12.3. The summed E-state index contributed by atoms with van der Waals surface area (Å²) < 4.78 is 0. The van der Waals surface area contributed by atoms with Gasteiger partial charge in [-0.2, -0.15) is 0 Å². The molecule has 0 saturated carbocycles. The van der Waals surface area contributed by atoms with Gasteiger partial charge in [-0.3, -0.25) is 0 Å². The summed E-state index contributed by atoms with van der Waals surface area (Å²) in [6.45, 7) is 4.35. The van der Waals surface area contributed by atoms with E-state index in [0.717, 1.165) is 17.0 Å². The van der Waals surface area contributed by atoms with Crippen molar-refractivity contribution >= 4 is 17.7 Å². The summed E-state index contributed by atoms with van der Waals surface area (Å²) in [4.78, 5) is 0. The molecule has 15 heavy (non-hydrogen) atoms. The Bertz CT molecular complexity index is 314. The minimum Gasteiger partial charge on any atom is -0.324 e. The molecule has 0 aliphatic heterocycles. The van der Waals surface area contributed by atoms with Gasteiger partial charge in [0, 0.05) is 11.1 Å². The van der Waals surface area contributed by atoms with Gasteiger partial charge in [0.25, 0.3) is 0 Å². The Balaban J connectivity index is 2.53. The van der Waals surface area contributed by atoms with Gasteiger partial charge in [0.05, 0.1) is 0 Å². The molecule has 1 atom stereocenters. The van der Waals surface area contributed by atoms with Crippen LogP contribution < -0.4 is 5.73 Å². The number of rotatable bonds is 4. The zero-order valence-electron chi connectivity index (χ0n) is 9.28. The largest absolute Gasteiger partial charge is 0.324 e. The Labute approximate surface area is 96.9 Å². The Morgan fingerprint density at radius 1 is 1.27 bits per heavy atom. The Hall–Kier alpha value is -0.790. The molecule has 82 valence electrons. The zero-order valence-corrected chi connectivity index (χ0v) is 10.0. The molecule has 0 amide bonds. The van der Waals surface area contributed by atoms with E-state index >= 15 is 0 Å². The van der Waals surface area contributed by atoms with Crippen molar-refractivity contribution in [3.8, 4) is 0 Å². The molecular weight excluding hydrogens is 206 g/mol. The molecule has 0 bridgehead atoms. The maximum atomic E-state index is 5.94. The molecular formula is C13H18ClN. The summed E-state index contributed by atoms with van der Waals surface area (Å²) in [7, 11) is 0. The topological polar surface area (TPSA) is 26.0 Å². The minimum atomic E-state index is 0.140. The fourth-order valence-electron chi connectivity index (χ4n) is 1.43. The highest BCUT2D eigenvalue weighted by Crippen LogP contribution is 2.11. The van der Waals surface area contributed by atoms with E-state index in [1.807, 2.05) is 36.4 Å². The van der Waals surface area contributed by atoms with E-state index in [1.54, 1.807) is 0 Å². The fraction of sp³-hybridized carbons (Fsp3) is 0.385. The summed E-state index contributed by atoms with van der Waals surface area (Å²) in [6, 6.07) is 7.88. The molecule has 0 aromatic heterocycles. The summed E-state index contributed by atoms with van der Waals surface area (Å²) in [5.41, 5.74) is 7.08. The van der Waals surface area contributed by atoms with Gasteiger partial charge in [0.2, 0.25) is 0 Å². The molecule has 0 unspecified atom stereocenters. The number of benzene rings is 1. The quantitative estimate of drug-likeness (QED) is 0.827. The second kappa shape index (κ2) is 5.94. The maximum Gasteiger partial charge on any atom is 0.0406 e. The van der Waals surface area contributed by atoms with Gasteiger partial charge >= 0.3 is 0 Å². The molecule has 2 N–H and O–H groups in total. The van der Waals surface area contributed by atoms with Crippen LogP contribution in [-0.4, -0.2) is 6.04 Å². The Kier molecular flexibility index (Phi) is 4.86. The van der Waals surface area contributed by atoms with E-state index in [9.17, 15) is 0 Å². The lowest BCUT2D eigenvalue weighted by atomic mass is 10.0. The second-order valence-corrected chi connectivity index (χ2v) is 4.64. The molecule has 0 heterocycles. The van der Waals surface area contributed by atoms with Gasteiger partial charge in [-0.25, -0.2) is 0 Å². The summed E-state index contributed by atoms with van der Waals surface area (Å²) >= 11 is 5.79. The van der Waals surface area contributed by atoms with Crippen molar-refractivity contribution in [2.45, 2.75) is 26.3 Å². The molecule has 0 spiro atoms. The van der Waals surface area contributed by atoms with E-state index in [-0.39, 0.29) is 6.04 Å². The van der Waals surface area contributed by atoms with E-state index in [2.05, 4.69) is 13.8 Å². The first-order valence-electron chi connectivity index (χ1n) is 5.27. The number of nitrogens with two attached hydrogens (primary N) is 1. The van der Waals surface area contributed by atoms with Crippen LogP contribution in [0.1, 0.15) is 25.8 Å². The van der Waals surface area contributed by atoms with E-state index in [4.69, 9.17) is 17.3 Å². The lowest BCUT2D eigenvalue weighted by Crippen LogP contribution is -2.18. The fourth-order valence-corrected chi connectivity index (χ4v) is 1.56. The molecule has 2 heteroatoms. The molecule has 0 aliphatic carbocycles. The molecule has 1 aromatic rings. The average molecular weight is 224 g/mol. The van der Waals surface area contributed by atoms with Crippen molar-refractivity contribution in [3.63, 3.8) is 0 Å². The molecule has 1 rings (SSSR count). The van der Waals surface area contributed by atoms with Crippen molar-refractivity contribution in [1.82, 2.24) is 0 Å². The van der Waals surface area contributed by atoms with Gasteiger partial charge in [0.1, 0.15) is 0 Å². The summed E-state index contributed by atoms with van der Waals surface area (Å²) in [5, 5.41) is 0.763. The molecule has 0 radical (unpaired) electrons. The van der Waals surface area contributed by atoms with E-state index < -0.39 is 0 Å². The average Bonchev–Trinajstić information content (AvgIpc) is 2.16. The monoisotopic (exact) mass is 223 g/mol. The van der Waals surface area contributed by atoms with Gasteiger partial charge in [0.15, 0.2) is 0 Å². The van der Waals surface area contributed by atoms with Crippen molar-refractivity contribution in [2.24, 2.45) is 11.7 Å². The van der Waals surface area contributed by atoms with Crippen LogP contribution in [0.2, 0.25) is 5.02 Å². The third-order valence-corrected chi connectivity index (χ3v) is 2.40. The standard InChI is InChI=1S/C13H18ClN/c1-10(2)9-13(15)8-5-11-3-6-12(14)7-4-11/h3-8,10,13H,9,15H2,1-2H3/b8-5+/t13-/m1/s1. The van der Waals surface area contributed by atoms with Crippen LogP contribution in [0.5, 0.6) is 0 Å². The van der Waals surface area contributed by atoms with Crippen molar-refractivity contribution in [3.05, 3.63) is 40.9 Å². The predicted molar refractivity (Wildman–Crippen MR) is 67.9 cm³/mol. The second-order valence-electron chi connectivity index (χ2n) is 4.20. The van der Waals surface area contributed by atoms with Gasteiger partial charge in [-0.1, -0.05) is 49.7 Å². The van der Waals surface area contributed by atoms with Crippen LogP contribution >= 0.6 is 11.6 Å². The minimum absolute atomic E-state index is 0.140. The number of hydrogen-bond donors (Lipinski definition) is 1. The maximum absolute atomic E-state index is 5.94. The van der Waals surface area contributed by atoms with Crippen LogP contribution in [0.4, 0.5) is 0 Å². The lowest BCUT2D eigenvalue weighted by molar-refractivity contribution is 0.547. The highest BCUT2D eigenvalue weighted by Gasteiger charge is 2.00. The first-order chi connectivity index (χ1) is 7.08. The lowest BCUT2D eigenvalue weighted by Gasteiger charge is -2.08. The van der Waals surface area contributed by atoms with Gasteiger partial charge in [-0.05, 0) is 30.0 Å². The normalized spacial score (nSPS) is 13.7. The van der Waals surface area contributed by atoms with Crippen LogP contribution in [0.25, 0.3) is 6.08 Å². The third-order valence-electron chi connectivity index (χ3n) is 2.15. The molecule has 0 fully saturated rings. The molecule has 1 nitrogen and oxygen atoms in total. The highest BCUT2D eigenvalue weighted by molar-refractivity contribution is 6.30. The van der Waals surface area contributed by atoms with E-state index in [1.165, 1.54) is 0 Å². The predicted octanol–water partition coefficient (Wildman–Crippen LogP) is 3.73. The SMILES string of the molecule is CC(C)C[C@H](N)/C=C/c1ccc(Cl)cc1. The van der Waals surface area contributed by atoms with Crippen molar-refractivity contribution in [2.75, 3.05) is 0 Å². The highest BCUT2D eigenvalue weighted by atomic mass is 35.5. The zero-order chi connectivity index (χ0) is 11.3. The number of hydrogen-bond acceptors (Lipinski definition) is 1. The van der Waals surface area contributed by atoms with Crippen LogP contribution in [-0.2, 0) is 0 Å². The number of halogens is 1. The van der Waals surface area contributed by atoms with Crippen LogP contribution in [0.3, 0.4) is 0 Å². The van der Waals surface area contributed by atoms with Crippen molar-refractivity contribution in [1.29, 1.82) is 0 Å². The molecule has 0 aliphatic rings. The first-order valence-corrected chi connectivity index (χ1v) is 5.65. The van der Waals surface area contributed by atoms with Crippen LogP contribution in [0, 0.1) is 5.92 Å². The third kappa shape index (κ3) is 5.01. The summed E-state index contributed by atoms with van der Waals surface area (Å²) in [6.07, 6.45) is 5.11. The molecule has 0 saturated heterocycles. The van der Waals surface area contributed by atoms with Gasteiger partial charge in [-0.15, -0.1) is 0 Å². The van der Waals surface area contributed by atoms with Crippen molar-refractivity contribution < 1.29 is 0 Å².